The summed E-state index contributed by atoms with van der Waals surface area (Å²) in [5.41, 5.74) is 1.88. The molecule has 2 fully saturated rings. The maximum absolute atomic E-state index is 12.6. The van der Waals surface area contributed by atoms with E-state index in [0.717, 1.165) is 54.7 Å². The summed E-state index contributed by atoms with van der Waals surface area (Å²) in [4.78, 5) is 20.9. The van der Waals surface area contributed by atoms with Crippen molar-refractivity contribution in [2.45, 2.75) is 31.3 Å². The minimum absolute atomic E-state index is 0.0730. The zero-order chi connectivity index (χ0) is 19.5. The Morgan fingerprint density at radius 1 is 1.36 bits per heavy atom. The van der Waals surface area contributed by atoms with Crippen LogP contribution in [0.4, 0.5) is 5.69 Å². The molecule has 0 spiro atoms. The van der Waals surface area contributed by atoms with Crippen LogP contribution in [0.15, 0.2) is 30.5 Å². The first-order valence-corrected chi connectivity index (χ1v) is 9.79. The Morgan fingerprint density at radius 2 is 2.25 bits per heavy atom. The average molecular weight is 379 g/mol. The number of anilines is 1. The van der Waals surface area contributed by atoms with E-state index in [4.69, 9.17) is 4.74 Å². The molecule has 28 heavy (non-hydrogen) atoms. The first-order valence-electron chi connectivity index (χ1n) is 9.79. The van der Waals surface area contributed by atoms with E-state index >= 15 is 0 Å². The van der Waals surface area contributed by atoms with Crippen molar-refractivity contribution in [2.75, 3.05) is 38.6 Å². The van der Waals surface area contributed by atoms with E-state index in [2.05, 4.69) is 21.3 Å². The average Bonchev–Trinajstić information content (AvgIpc) is 3.37. The monoisotopic (exact) mass is 379 g/mol. The van der Waals surface area contributed by atoms with E-state index in [-0.39, 0.29) is 18.0 Å². The fourth-order valence-electron chi connectivity index (χ4n) is 4.23. The van der Waals surface area contributed by atoms with Crippen LogP contribution < -0.4 is 10.1 Å². The molecule has 1 N–H and O–H groups in total. The number of nitriles is 1. The molecular formula is C21H25N5O2. The molecule has 1 unspecified atom stereocenters. The van der Waals surface area contributed by atoms with Crippen LogP contribution in [0, 0.1) is 11.3 Å². The number of rotatable bonds is 5. The van der Waals surface area contributed by atoms with Gasteiger partial charge in [0, 0.05) is 42.9 Å². The number of nitrogens with zero attached hydrogens (tertiary/aromatic N) is 4. The molecule has 2 aliphatic heterocycles. The first kappa shape index (κ1) is 18.5. The summed E-state index contributed by atoms with van der Waals surface area (Å²) >= 11 is 0. The minimum Gasteiger partial charge on any atom is -0.494 e. The molecule has 7 nitrogen and oxygen atoms in total. The fraction of sp³-hybridized carbons (Fsp3) is 0.476. The predicted molar refractivity (Wildman–Crippen MR) is 107 cm³/mol. The summed E-state index contributed by atoms with van der Waals surface area (Å²) < 4.78 is 5.42. The third kappa shape index (κ3) is 3.60. The van der Waals surface area contributed by atoms with Crippen molar-refractivity contribution in [1.29, 1.82) is 5.26 Å². The highest BCUT2D eigenvalue weighted by Gasteiger charge is 2.31. The fourth-order valence-corrected chi connectivity index (χ4v) is 4.23. The summed E-state index contributed by atoms with van der Waals surface area (Å²) in [6, 6.07) is 10.2. The second-order valence-corrected chi connectivity index (χ2v) is 7.45. The largest absolute Gasteiger partial charge is 0.494 e. The van der Waals surface area contributed by atoms with Gasteiger partial charge in [-0.25, -0.2) is 0 Å². The molecule has 0 aliphatic carbocycles. The van der Waals surface area contributed by atoms with Crippen molar-refractivity contribution in [2.24, 2.45) is 0 Å². The highest BCUT2D eigenvalue weighted by atomic mass is 16.5. The maximum atomic E-state index is 12.6. The van der Waals surface area contributed by atoms with Crippen molar-refractivity contribution in [3.63, 3.8) is 0 Å². The van der Waals surface area contributed by atoms with Crippen molar-refractivity contribution in [3.8, 4) is 11.8 Å². The molecule has 1 aromatic carbocycles. The number of methoxy groups -OCH3 is 1. The van der Waals surface area contributed by atoms with Crippen molar-refractivity contribution in [1.82, 2.24) is 14.8 Å². The molecule has 7 heteroatoms. The van der Waals surface area contributed by atoms with E-state index in [1.807, 2.05) is 24.3 Å². The van der Waals surface area contributed by atoms with Gasteiger partial charge in [-0.1, -0.05) is 0 Å². The Hall–Kier alpha value is -2.85. The molecule has 2 atom stereocenters. The van der Waals surface area contributed by atoms with Gasteiger partial charge in [0.05, 0.1) is 19.7 Å². The number of ether oxygens (including phenoxy) is 1. The molecular weight excluding hydrogens is 354 g/mol. The van der Waals surface area contributed by atoms with Gasteiger partial charge in [0.2, 0.25) is 5.91 Å². The van der Waals surface area contributed by atoms with E-state index in [1.54, 1.807) is 18.2 Å². The van der Waals surface area contributed by atoms with E-state index in [9.17, 15) is 10.1 Å². The number of likely N-dealkylation sites (tertiary alicyclic amines) is 2. The van der Waals surface area contributed by atoms with Crippen LogP contribution in [0.2, 0.25) is 0 Å². The van der Waals surface area contributed by atoms with E-state index in [0.29, 0.717) is 13.1 Å². The molecule has 3 heterocycles. The van der Waals surface area contributed by atoms with Crippen LogP contribution >= 0.6 is 0 Å². The van der Waals surface area contributed by atoms with Gasteiger partial charge >= 0.3 is 0 Å². The summed E-state index contributed by atoms with van der Waals surface area (Å²) in [6.07, 6.45) is 4.46. The van der Waals surface area contributed by atoms with Crippen LogP contribution in [0.5, 0.6) is 5.75 Å². The predicted octanol–water partition coefficient (Wildman–Crippen LogP) is 2.24. The van der Waals surface area contributed by atoms with E-state index in [1.165, 1.54) is 0 Å². The second kappa shape index (κ2) is 8.03. The molecule has 0 bridgehead atoms. The number of hydrogen-bond acceptors (Lipinski definition) is 6. The second-order valence-electron chi connectivity index (χ2n) is 7.45. The molecule has 4 rings (SSSR count). The lowest BCUT2D eigenvalue weighted by molar-refractivity contribution is -0.132. The molecule has 146 valence electrons. The van der Waals surface area contributed by atoms with Gasteiger partial charge in [-0.3, -0.25) is 14.7 Å². The number of benzene rings is 1. The Morgan fingerprint density at radius 3 is 3.07 bits per heavy atom. The van der Waals surface area contributed by atoms with Gasteiger partial charge in [-0.15, -0.1) is 0 Å². The zero-order valence-corrected chi connectivity index (χ0v) is 16.1. The van der Waals surface area contributed by atoms with Gasteiger partial charge in [0.15, 0.2) is 0 Å². The number of hydrogen-bond donors (Lipinski definition) is 1. The van der Waals surface area contributed by atoms with Gasteiger partial charge in [-0.2, -0.15) is 5.26 Å². The highest BCUT2D eigenvalue weighted by molar-refractivity contribution is 5.95. The standard InChI is InChI=1S/C21H25N5O2/c1-28-19-7-6-18(17-5-2-9-23-21(17)19)24-15-8-11-25(13-15)14-20(27)26-10-3-4-16(26)12-22/h2,5-7,9,15-16,24H,3-4,8,10-11,13-14H2,1H3/t15-,16?/m0/s1. The van der Waals surface area contributed by atoms with Crippen LogP contribution in [-0.4, -0.2) is 66.1 Å². The number of amides is 1. The highest BCUT2D eigenvalue weighted by Crippen LogP contribution is 2.31. The summed E-state index contributed by atoms with van der Waals surface area (Å²) in [5, 5.41) is 13.8. The van der Waals surface area contributed by atoms with Crippen molar-refractivity contribution in [3.05, 3.63) is 30.5 Å². The van der Waals surface area contributed by atoms with Crippen molar-refractivity contribution < 1.29 is 9.53 Å². The van der Waals surface area contributed by atoms with E-state index < -0.39 is 0 Å². The Bertz CT molecular complexity index is 909. The molecule has 0 radical (unpaired) electrons. The maximum Gasteiger partial charge on any atom is 0.237 e. The topological polar surface area (TPSA) is 81.5 Å². The third-order valence-corrected chi connectivity index (χ3v) is 5.67. The minimum atomic E-state index is -0.248. The Balaban J connectivity index is 1.40. The number of fused-ring (bicyclic) bond motifs is 1. The lowest BCUT2D eigenvalue weighted by atomic mass is 10.1. The van der Waals surface area contributed by atoms with Crippen molar-refractivity contribution >= 4 is 22.5 Å². The lowest BCUT2D eigenvalue weighted by Crippen LogP contribution is -2.42. The first-order chi connectivity index (χ1) is 13.7. The molecule has 2 aromatic rings. The number of carbonyl (C=O) groups is 1. The van der Waals surface area contributed by atoms with Crippen LogP contribution in [-0.2, 0) is 4.79 Å². The Kier molecular flexibility index (Phi) is 5.31. The Labute approximate surface area is 164 Å². The lowest BCUT2D eigenvalue weighted by Gasteiger charge is -2.23. The SMILES string of the molecule is COc1ccc(N[C@H]2CCN(CC(=O)N3CCCC3C#N)C2)c2cccnc12. The van der Waals surface area contributed by atoms with Gasteiger partial charge in [-0.05, 0) is 43.5 Å². The molecule has 0 saturated carbocycles. The quantitative estimate of drug-likeness (QED) is 0.858. The summed E-state index contributed by atoms with van der Waals surface area (Å²) in [5.74, 6) is 0.834. The normalized spacial score (nSPS) is 22.4. The summed E-state index contributed by atoms with van der Waals surface area (Å²) in [7, 11) is 1.65. The van der Waals surface area contributed by atoms with Crippen LogP contribution in [0.3, 0.4) is 0 Å². The number of aromatic nitrogens is 1. The van der Waals surface area contributed by atoms with Crippen LogP contribution in [0.1, 0.15) is 19.3 Å². The summed E-state index contributed by atoms with van der Waals surface area (Å²) in [6.45, 7) is 2.78. The van der Waals surface area contributed by atoms with Gasteiger partial charge in [0.25, 0.3) is 0 Å². The van der Waals surface area contributed by atoms with Gasteiger partial charge < -0.3 is 15.0 Å². The molecule has 1 aromatic heterocycles. The smallest absolute Gasteiger partial charge is 0.237 e. The zero-order valence-electron chi connectivity index (χ0n) is 16.1. The van der Waals surface area contributed by atoms with Crippen LogP contribution in [0.25, 0.3) is 10.9 Å². The third-order valence-electron chi connectivity index (χ3n) is 5.67. The molecule has 2 aliphatic rings. The number of nitrogens with one attached hydrogen (secondary N) is 1. The van der Waals surface area contributed by atoms with Gasteiger partial charge in [0.1, 0.15) is 17.3 Å². The molecule has 1 amide bonds. The number of carbonyl (C=O) groups excluding carboxylic acids is 1. The number of pyridine rings is 1. The molecule has 2 saturated heterocycles.